The van der Waals surface area contributed by atoms with Gasteiger partial charge in [0.1, 0.15) is 18.3 Å². The van der Waals surface area contributed by atoms with Gasteiger partial charge < -0.3 is 24.2 Å². The number of hydrogen-bond donors (Lipinski definition) is 1. The summed E-state index contributed by atoms with van der Waals surface area (Å²) in [5.74, 6) is -0.749. The summed E-state index contributed by atoms with van der Waals surface area (Å²) in [7, 11) is 0. The fourth-order valence-electron chi connectivity index (χ4n) is 4.04. The number of rotatable bonds is 8. The summed E-state index contributed by atoms with van der Waals surface area (Å²) in [6.45, 7) is 8.39. The van der Waals surface area contributed by atoms with Crippen molar-refractivity contribution in [2.45, 2.75) is 63.4 Å². The molecule has 2 aliphatic rings. The van der Waals surface area contributed by atoms with E-state index in [0.29, 0.717) is 13.2 Å². The van der Waals surface area contributed by atoms with Crippen LogP contribution in [0, 0.1) is 0 Å². The molecule has 4 rings (SSSR count). The quantitative estimate of drug-likeness (QED) is 0.525. The lowest BCUT2D eigenvalue weighted by atomic mass is 10.0. The molecule has 0 spiro atoms. The highest BCUT2D eigenvalue weighted by Crippen LogP contribution is 2.40. The van der Waals surface area contributed by atoms with Gasteiger partial charge in [-0.25, -0.2) is 0 Å². The lowest BCUT2D eigenvalue weighted by Crippen LogP contribution is -2.48. The minimum atomic E-state index is -0.749. The van der Waals surface area contributed by atoms with Crippen LogP contribution in [-0.2, 0) is 32.1 Å². The van der Waals surface area contributed by atoms with Gasteiger partial charge in [0, 0.05) is 6.54 Å². The molecule has 0 radical (unpaired) electrons. The summed E-state index contributed by atoms with van der Waals surface area (Å²) in [5, 5.41) is 12.1. The molecule has 6 nitrogen and oxygen atoms in total. The van der Waals surface area contributed by atoms with Crippen molar-refractivity contribution in [2.24, 2.45) is 0 Å². The highest BCUT2D eigenvalue weighted by molar-refractivity contribution is 5.16. The van der Waals surface area contributed by atoms with Crippen LogP contribution in [0.3, 0.4) is 0 Å². The van der Waals surface area contributed by atoms with E-state index in [0.717, 1.165) is 11.1 Å². The van der Waals surface area contributed by atoms with E-state index in [1.54, 1.807) is 6.08 Å². The number of fused-ring (bicyclic) bond motifs is 1. The van der Waals surface area contributed by atoms with Crippen LogP contribution in [0.1, 0.15) is 25.0 Å². The molecule has 0 aliphatic carbocycles. The van der Waals surface area contributed by atoms with E-state index in [9.17, 15) is 5.21 Å². The van der Waals surface area contributed by atoms with Gasteiger partial charge in [-0.15, -0.1) is 6.58 Å². The van der Waals surface area contributed by atoms with E-state index in [-0.39, 0.29) is 6.10 Å². The van der Waals surface area contributed by atoms with Gasteiger partial charge in [0.2, 0.25) is 0 Å². The highest BCUT2D eigenvalue weighted by atomic mass is 16.8. The van der Waals surface area contributed by atoms with Gasteiger partial charge in [0.25, 0.3) is 0 Å². The van der Waals surface area contributed by atoms with Gasteiger partial charge in [0.15, 0.2) is 12.1 Å². The van der Waals surface area contributed by atoms with Crippen molar-refractivity contribution < 1.29 is 24.2 Å². The zero-order valence-electron chi connectivity index (χ0n) is 17.4. The van der Waals surface area contributed by atoms with E-state index in [1.807, 2.05) is 74.5 Å². The Kier molecular flexibility index (Phi) is 6.34. The number of ether oxygens (including phenoxy) is 4. The van der Waals surface area contributed by atoms with Crippen LogP contribution in [0.15, 0.2) is 73.3 Å². The Morgan fingerprint density at radius 1 is 1.07 bits per heavy atom. The van der Waals surface area contributed by atoms with Crippen LogP contribution in [0.4, 0.5) is 0 Å². The minimum absolute atomic E-state index is 0.339. The van der Waals surface area contributed by atoms with Crippen LogP contribution in [-0.4, -0.2) is 46.7 Å². The van der Waals surface area contributed by atoms with Crippen molar-refractivity contribution in [3.8, 4) is 0 Å². The van der Waals surface area contributed by atoms with Crippen LogP contribution in [0.5, 0.6) is 0 Å². The van der Waals surface area contributed by atoms with Gasteiger partial charge in [0.05, 0.1) is 12.6 Å². The van der Waals surface area contributed by atoms with Crippen molar-refractivity contribution >= 4 is 0 Å². The second-order valence-corrected chi connectivity index (χ2v) is 8.14. The van der Waals surface area contributed by atoms with Crippen LogP contribution in [0.2, 0.25) is 0 Å². The van der Waals surface area contributed by atoms with Gasteiger partial charge in [-0.05, 0) is 25.0 Å². The van der Waals surface area contributed by atoms with Crippen molar-refractivity contribution in [1.82, 2.24) is 5.06 Å². The molecule has 2 saturated heterocycles. The van der Waals surface area contributed by atoms with Crippen LogP contribution in [0.25, 0.3) is 0 Å². The van der Waals surface area contributed by atoms with Crippen molar-refractivity contribution in [3.05, 3.63) is 84.4 Å². The molecular formula is C24H29NO5. The molecule has 2 fully saturated rings. The molecule has 160 valence electrons. The molecule has 1 N–H and O–H groups in total. The predicted octanol–water partition coefficient (Wildman–Crippen LogP) is 3.89. The average Bonchev–Trinajstić information content (AvgIpc) is 3.20. The normalized spacial score (nSPS) is 28.4. The molecule has 0 bridgehead atoms. The molecular weight excluding hydrogens is 382 g/mol. The molecule has 5 atom stereocenters. The van der Waals surface area contributed by atoms with Gasteiger partial charge in [-0.1, -0.05) is 66.7 Å². The number of nitrogens with zero attached hydrogens (tertiary/aromatic N) is 1. The first-order valence-electron chi connectivity index (χ1n) is 10.3. The molecule has 30 heavy (non-hydrogen) atoms. The topological polar surface area (TPSA) is 60.4 Å². The lowest BCUT2D eigenvalue weighted by molar-refractivity contribution is -0.239. The van der Waals surface area contributed by atoms with Crippen LogP contribution < -0.4 is 0 Å². The third-order valence-corrected chi connectivity index (χ3v) is 5.42. The second kappa shape index (κ2) is 8.98. The Bertz CT molecular complexity index is 828. The van der Waals surface area contributed by atoms with Gasteiger partial charge in [-0.3, -0.25) is 0 Å². The smallest absolute Gasteiger partial charge is 0.190 e. The fourth-order valence-corrected chi connectivity index (χ4v) is 4.04. The number of hydroxylamine groups is 2. The molecule has 2 heterocycles. The second-order valence-electron chi connectivity index (χ2n) is 8.14. The van der Waals surface area contributed by atoms with Gasteiger partial charge >= 0.3 is 0 Å². The zero-order valence-corrected chi connectivity index (χ0v) is 17.4. The minimum Gasteiger partial charge on any atom is -0.368 e. The molecule has 0 unspecified atom stereocenters. The molecule has 0 aromatic heterocycles. The third-order valence-electron chi connectivity index (χ3n) is 5.42. The number of hydrogen-bond acceptors (Lipinski definition) is 6. The number of benzene rings is 2. The summed E-state index contributed by atoms with van der Waals surface area (Å²) >= 11 is 0. The molecule has 0 saturated carbocycles. The Labute approximate surface area is 177 Å². The first kappa shape index (κ1) is 21.2. The summed E-state index contributed by atoms with van der Waals surface area (Å²) < 4.78 is 24.5. The van der Waals surface area contributed by atoms with Crippen molar-refractivity contribution in [3.63, 3.8) is 0 Å². The Hall–Kier alpha value is -2.06. The Morgan fingerprint density at radius 3 is 2.33 bits per heavy atom. The maximum atomic E-state index is 10.8. The molecule has 2 aromatic rings. The van der Waals surface area contributed by atoms with E-state index in [2.05, 4.69) is 6.58 Å². The lowest BCUT2D eigenvalue weighted by Gasteiger charge is -2.33. The van der Waals surface area contributed by atoms with E-state index >= 15 is 0 Å². The molecule has 0 amide bonds. The largest absolute Gasteiger partial charge is 0.368 e. The summed E-state index contributed by atoms with van der Waals surface area (Å²) in [6.07, 6.45) is -0.186. The zero-order chi connectivity index (χ0) is 21.1. The van der Waals surface area contributed by atoms with Gasteiger partial charge in [-0.2, -0.15) is 5.06 Å². The van der Waals surface area contributed by atoms with Crippen molar-refractivity contribution in [2.75, 3.05) is 0 Å². The standard InChI is InChI=1S/C24H29NO5/c1-4-19(25(26)15-17-11-7-5-8-12-17)20-21(27-16-18-13-9-6-10-14-18)22-23(28-20)30-24(2,3)29-22/h4-14,19-23,26H,1,15-16H2,2-3H3/t19-,20-,21+,22-,23-/m1/s1. The average molecular weight is 411 g/mol. The first-order valence-corrected chi connectivity index (χ1v) is 10.3. The maximum Gasteiger partial charge on any atom is 0.190 e. The summed E-state index contributed by atoms with van der Waals surface area (Å²) in [5.41, 5.74) is 2.04. The summed E-state index contributed by atoms with van der Waals surface area (Å²) in [4.78, 5) is 0. The van der Waals surface area contributed by atoms with E-state index in [1.165, 1.54) is 5.06 Å². The Balaban J connectivity index is 1.52. The predicted molar refractivity (Wildman–Crippen MR) is 111 cm³/mol. The monoisotopic (exact) mass is 411 g/mol. The van der Waals surface area contributed by atoms with E-state index in [4.69, 9.17) is 18.9 Å². The molecule has 2 aromatic carbocycles. The van der Waals surface area contributed by atoms with Crippen LogP contribution >= 0.6 is 0 Å². The van der Waals surface area contributed by atoms with Crippen molar-refractivity contribution in [1.29, 1.82) is 0 Å². The molecule has 6 heteroatoms. The first-order chi connectivity index (χ1) is 14.5. The van der Waals surface area contributed by atoms with E-state index < -0.39 is 30.3 Å². The SMILES string of the molecule is C=C[C@H]([C@H]1O[C@@H]2OC(C)(C)O[C@@H]2[C@H]1OCc1ccccc1)N(O)Cc1ccccc1. The Morgan fingerprint density at radius 2 is 1.70 bits per heavy atom. The third kappa shape index (κ3) is 4.64. The highest BCUT2D eigenvalue weighted by Gasteiger charge is 2.57. The maximum absolute atomic E-state index is 10.8. The summed E-state index contributed by atoms with van der Waals surface area (Å²) in [6, 6.07) is 19.2. The molecule has 2 aliphatic heterocycles. The fraction of sp³-hybridized carbons (Fsp3) is 0.417.